The normalized spacial score (nSPS) is 21.9. The Hall–Kier alpha value is -2.48. The summed E-state index contributed by atoms with van der Waals surface area (Å²) < 4.78 is 2.41. The van der Waals surface area contributed by atoms with E-state index >= 15 is 0 Å². The number of aromatic nitrogens is 4. The van der Waals surface area contributed by atoms with E-state index in [1.165, 1.54) is 37.2 Å². The maximum atomic E-state index is 11.9. The van der Waals surface area contributed by atoms with E-state index in [0.717, 1.165) is 56.8 Å². The Morgan fingerprint density at radius 1 is 1.15 bits per heavy atom. The second-order valence-electron chi connectivity index (χ2n) is 9.95. The summed E-state index contributed by atoms with van der Waals surface area (Å²) in [7, 11) is 0. The number of carbonyl (C=O) groups is 1. The number of anilines is 2. The van der Waals surface area contributed by atoms with Gasteiger partial charge in [-0.15, -0.1) is 0 Å². The summed E-state index contributed by atoms with van der Waals surface area (Å²) in [6.45, 7) is 8.20. The molecule has 8 nitrogen and oxygen atoms in total. The number of nitrogens with one attached hydrogen (secondary N) is 2. The summed E-state index contributed by atoms with van der Waals surface area (Å²) in [5, 5.41) is 6.68. The number of amides is 1. The van der Waals surface area contributed by atoms with Gasteiger partial charge in [0.25, 0.3) is 0 Å². The average molecular weight is 452 g/mol. The van der Waals surface area contributed by atoms with Crippen molar-refractivity contribution in [2.45, 2.75) is 89.6 Å². The molecular weight excluding hydrogens is 414 g/mol. The van der Waals surface area contributed by atoms with Crippen LogP contribution in [0.4, 0.5) is 11.6 Å². The first-order chi connectivity index (χ1) is 16.1. The molecule has 1 saturated heterocycles. The number of imidazole rings is 1. The van der Waals surface area contributed by atoms with E-state index in [4.69, 9.17) is 4.98 Å². The third-order valence-corrected chi connectivity index (χ3v) is 7.63. The summed E-state index contributed by atoms with van der Waals surface area (Å²) in [6, 6.07) is 0.705. The number of hydrogen-bond acceptors (Lipinski definition) is 6. The van der Waals surface area contributed by atoms with Crippen LogP contribution in [0.3, 0.4) is 0 Å². The molecule has 1 unspecified atom stereocenters. The first-order valence-electron chi connectivity index (χ1n) is 12.8. The fourth-order valence-corrected chi connectivity index (χ4v) is 5.78. The Bertz CT molecular complexity index is 973. The molecule has 2 aromatic heterocycles. The molecule has 0 bridgehead atoms. The van der Waals surface area contributed by atoms with Gasteiger partial charge in [-0.2, -0.15) is 0 Å². The molecule has 5 rings (SSSR count). The number of hydrogen-bond donors (Lipinski definition) is 2. The van der Waals surface area contributed by atoms with E-state index < -0.39 is 0 Å². The van der Waals surface area contributed by atoms with Gasteiger partial charge >= 0.3 is 0 Å². The van der Waals surface area contributed by atoms with Crippen LogP contribution in [0.15, 0.2) is 12.5 Å². The highest BCUT2D eigenvalue weighted by Gasteiger charge is 2.31. The van der Waals surface area contributed by atoms with E-state index in [2.05, 4.69) is 50.1 Å². The van der Waals surface area contributed by atoms with Crippen molar-refractivity contribution in [2.24, 2.45) is 0 Å². The lowest BCUT2D eigenvalue weighted by Gasteiger charge is -2.35. The molecule has 1 aliphatic carbocycles. The molecule has 8 heteroatoms. The van der Waals surface area contributed by atoms with Crippen LogP contribution in [0.5, 0.6) is 0 Å². The molecule has 3 aliphatic rings. The molecule has 1 atom stereocenters. The highest BCUT2D eigenvalue weighted by Crippen LogP contribution is 2.38. The zero-order valence-corrected chi connectivity index (χ0v) is 20.0. The van der Waals surface area contributed by atoms with Gasteiger partial charge in [-0.25, -0.2) is 15.0 Å². The predicted molar refractivity (Wildman–Crippen MR) is 130 cm³/mol. The second kappa shape index (κ2) is 9.79. The Kier molecular flexibility index (Phi) is 6.62. The Labute approximate surface area is 196 Å². The molecule has 2 aromatic rings. The molecule has 2 N–H and O–H groups in total. The third-order valence-electron chi connectivity index (χ3n) is 7.63. The third kappa shape index (κ3) is 4.76. The number of aryl methyl sites for hydroxylation is 1. The van der Waals surface area contributed by atoms with Crippen LogP contribution in [-0.4, -0.2) is 51.1 Å². The summed E-state index contributed by atoms with van der Waals surface area (Å²) >= 11 is 0. The summed E-state index contributed by atoms with van der Waals surface area (Å²) in [4.78, 5) is 28.3. The molecule has 0 spiro atoms. The standard InChI is InChI=1S/C25H37N7O/c1-3-19-15-32(13-10-26-20-6-4-5-7-20)24(29-19)18-8-11-31(12-9-18)25-22-17(2)14-21(33)30-23(22)27-16-28-25/h15-18,20,26H,3-14H2,1-2H3,(H,27,28,30,33). The predicted octanol–water partition coefficient (Wildman–Crippen LogP) is 3.60. The first kappa shape index (κ1) is 22.3. The molecule has 0 radical (unpaired) electrons. The van der Waals surface area contributed by atoms with Crippen molar-refractivity contribution >= 4 is 17.5 Å². The summed E-state index contributed by atoms with van der Waals surface area (Å²) in [5.41, 5.74) is 2.28. The van der Waals surface area contributed by atoms with Crippen molar-refractivity contribution < 1.29 is 4.79 Å². The van der Waals surface area contributed by atoms with Crippen molar-refractivity contribution in [3.8, 4) is 0 Å². The van der Waals surface area contributed by atoms with Crippen molar-refractivity contribution in [1.29, 1.82) is 0 Å². The smallest absolute Gasteiger partial charge is 0.226 e. The van der Waals surface area contributed by atoms with Crippen LogP contribution >= 0.6 is 0 Å². The minimum atomic E-state index is 0.0411. The van der Waals surface area contributed by atoms with E-state index in [0.29, 0.717) is 24.2 Å². The van der Waals surface area contributed by atoms with Crippen molar-refractivity contribution in [2.75, 3.05) is 29.9 Å². The van der Waals surface area contributed by atoms with Crippen molar-refractivity contribution in [3.05, 3.63) is 29.6 Å². The Morgan fingerprint density at radius 2 is 1.94 bits per heavy atom. The van der Waals surface area contributed by atoms with Crippen LogP contribution in [0.1, 0.15) is 87.7 Å². The number of piperidine rings is 1. The van der Waals surface area contributed by atoms with E-state index in [1.54, 1.807) is 6.33 Å². The molecule has 4 heterocycles. The lowest BCUT2D eigenvalue weighted by atomic mass is 9.92. The van der Waals surface area contributed by atoms with E-state index in [9.17, 15) is 4.79 Å². The van der Waals surface area contributed by atoms with Gasteiger partial charge in [0.05, 0.1) is 5.69 Å². The SMILES string of the molecule is CCc1cn(CCNC2CCCC2)c(C2CCN(c3ncnc4c3C(C)CC(=O)N4)CC2)n1. The topological polar surface area (TPSA) is 88.0 Å². The number of carbonyl (C=O) groups excluding carboxylic acids is 1. The maximum absolute atomic E-state index is 11.9. The average Bonchev–Trinajstić information content (AvgIpc) is 3.49. The van der Waals surface area contributed by atoms with Gasteiger partial charge in [0.1, 0.15) is 23.8 Å². The highest BCUT2D eigenvalue weighted by atomic mass is 16.1. The lowest BCUT2D eigenvalue weighted by molar-refractivity contribution is -0.116. The quantitative estimate of drug-likeness (QED) is 0.669. The molecule has 2 fully saturated rings. The maximum Gasteiger partial charge on any atom is 0.226 e. The Morgan fingerprint density at radius 3 is 2.70 bits per heavy atom. The van der Waals surface area contributed by atoms with Gasteiger partial charge < -0.3 is 20.1 Å². The molecule has 1 amide bonds. The van der Waals surface area contributed by atoms with Gasteiger partial charge in [-0.05, 0) is 38.0 Å². The van der Waals surface area contributed by atoms with Gasteiger partial charge in [0, 0.05) is 56.3 Å². The molecule has 0 aromatic carbocycles. The van der Waals surface area contributed by atoms with Gasteiger partial charge in [0.2, 0.25) is 5.91 Å². The van der Waals surface area contributed by atoms with Crippen LogP contribution in [0, 0.1) is 0 Å². The largest absolute Gasteiger partial charge is 0.356 e. The van der Waals surface area contributed by atoms with Crippen LogP contribution < -0.4 is 15.5 Å². The zero-order valence-electron chi connectivity index (χ0n) is 20.0. The minimum Gasteiger partial charge on any atom is -0.356 e. The highest BCUT2D eigenvalue weighted by molar-refractivity contribution is 5.94. The van der Waals surface area contributed by atoms with Gasteiger partial charge in [-0.3, -0.25) is 4.79 Å². The van der Waals surface area contributed by atoms with E-state index in [-0.39, 0.29) is 11.8 Å². The number of fused-ring (bicyclic) bond motifs is 1. The Balaban J connectivity index is 1.26. The number of rotatable bonds is 7. The lowest BCUT2D eigenvalue weighted by Crippen LogP contribution is -2.36. The van der Waals surface area contributed by atoms with Crippen LogP contribution in [0.2, 0.25) is 0 Å². The van der Waals surface area contributed by atoms with Gasteiger partial charge in [0.15, 0.2) is 0 Å². The molecule has 33 heavy (non-hydrogen) atoms. The fraction of sp³-hybridized carbons (Fsp3) is 0.680. The summed E-state index contributed by atoms with van der Waals surface area (Å²) in [6.07, 6.45) is 12.8. The number of nitrogens with zero attached hydrogens (tertiary/aromatic N) is 5. The molecular formula is C25H37N7O. The fourth-order valence-electron chi connectivity index (χ4n) is 5.78. The molecule has 178 valence electrons. The molecule has 1 saturated carbocycles. The van der Waals surface area contributed by atoms with Gasteiger partial charge in [-0.1, -0.05) is 26.7 Å². The van der Waals surface area contributed by atoms with Crippen molar-refractivity contribution in [1.82, 2.24) is 24.8 Å². The zero-order chi connectivity index (χ0) is 22.8. The first-order valence-corrected chi connectivity index (χ1v) is 12.8. The van der Waals surface area contributed by atoms with E-state index in [1.807, 2.05) is 0 Å². The minimum absolute atomic E-state index is 0.0411. The molecule has 2 aliphatic heterocycles. The summed E-state index contributed by atoms with van der Waals surface area (Å²) in [5.74, 6) is 3.58. The van der Waals surface area contributed by atoms with Crippen LogP contribution in [-0.2, 0) is 17.8 Å². The second-order valence-corrected chi connectivity index (χ2v) is 9.95. The van der Waals surface area contributed by atoms with Crippen molar-refractivity contribution in [3.63, 3.8) is 0 Å². The monoisotopic (exact) mass is 451 g/mol. The van der Waals surface area contributed by atoms with Crippen LogP contribution in [0.25, 0.3) is 0 Å².